The number of ether oxygens (including phenoxy) is 1. The molecule has 0 saturated carbocycles. The van der Waals surface area contributed by atoms with Crippen LogP contribution in [0, 0.1) is 12.8 Å². The van der Waals surface area contributed by atoms with E-state index in [2.05, 4.69) is 53.6 Å². The summed E-state index contributed by atoms with van der Waals surface area (Å²) in [7, 11) is 0. The number of aliphatic imine (C=N–C) groups is 1. The van der Waals surface area contributed by atoms with Crippen LogP contribution in [-0.4, -0.2) is 56.8 Å². The van der Waals surface area contributed by atoms with Gasteiger partial charge in [0, 0.05) is 32.8 Å². The topological polar surface area (TPSA) is 48.9 Å². The van der Waals surface area contributed by atoms with Crippen molar-refractivity contribution in [1.29, 1.82) is 0 Å². The van der Waals surface area contributed by atoms with Crippen LogP contribution in [0.15, 0.2) is 29.3 Å². The third-order valence-corrected chi connectivity index (χ3v) is 4.83. The zero-order valence-corrected chi connectivity index (χ0v) is 19.5. The van der Waals surface area contributed by atoms with E-state index in [0.29, 0.717) is 5.92 Å². The highest BCUT2D eigenvalue weighted by Crippen LogP contribution is 2.19. The molecule has 0 amide bonds. The molecule has 2 rings (SSSR count). The summed E-state index contributed by atoms with van der Waals surface area (Å²) >= 11 is 0. The first-order valence-corrected chi connectivity index (χ1v) is 10.1. The number of halogens is 1. The molecule has 0 atom stereocenters. The molecular formula is C21H37IN4O. The summed E-state index contributed by atoms with van der Waals surface area (Å²) in [6, 6.07) is 8.92. The van der Waals surface area contributed by atoms with Crippen LogP contribution in [0.1, 0.15) is 37.8 Å². The summed E-state index contributed by atoms with van der Waals surface area (Å²) in [5, 5.41) is 6.66. The van der Waals surface area contributed by atoms with Gasteiger partial charge < -0.3 is 15.4 Å². The van der Waals surface area contributed by atoms with E-state index in [1.54, 1.807) is 0 Å². The molecule has 1 aromatic rings. The van der Waals surface area contributed by atoms with E-state index in [4.69, 9.17) is 9.73 Å². The first kappa shape index (κ1) is 24.2. The number of nitrogens with zero attached hydrogens (tertiary/aromatic N) is 2. The van der Waals surface area contributed by atoms with Gasteiger partial charge in [-0.1, -0.05) is 29.8 Å². The first-order chi connectivity index (χ1) is 12.7. The molecular weight excluding hydrogens is 451 g/mol. The molecule has 27 heavy (non-hydrogen) atoms. The molecule has 6 heteroatoms. The number of aryl methyl sites for hydroxylation is 1. The number of hydrogen-bond acceptors (Lipinski definition) is 3. The quantitative estimate of drug-likeness (QED) is 0.242. The predicted molar refractivity (Wildman–Crippen MR) is 125 cm³/mol. The second-order valence-corrected chi connectivity index (χ2v) is 7.05. The molecule has 1 saturated heterocycles. The van der Waals surface area contributed by atoms with Crippen molar-refractivity contribution in [3.8, 4) is 0 Å². The minimum Gasteiger partial charge on any atom is -0.380 e. The molecule has 1 aliphatic heterocycles. The average molecular weight is 488 g/mol. The van der Waals surface area contributed by atoms with Crippen molar-refractivity contribution in [3.63, 3.8) is 0 Å². The molecule has 5 nitrogen and oxygen atoms in total. The van der Waals surface area contributed by atoms with Gasteiger partial charge in [0.1, 0.15) is 0 Å². The van der Waals surface area contributed by atoms with E-state index in [9.17, 15) is 0 Å². The lowest BCUT2D eigenvalue weighted by Crippen LogP contribution is -2.40. The van der Waals surface area contributed by atoms with Crippen molar-refractivity contribution in [2.24, 2.45) is 10.9 Å². The first-order valence-electron chi connectivity index (χ1n) is 10.1. The second-order valence-electron chi connectivity index (χ2n) is 7.05. The second kappa shape index (κ2) is 14.2. The number of piperidine rings is 1. The summed E-state index contributed by atoms with van der Waals surface area (Å²) in [5.74, 6) is 1.60. The highest BCUT2D eigenvalue weighted by atomic mass is 127. The molecule has 0 radical (unpaired) electrons. The summed E-state index contributed by atoms with van der Waals surface area (Å²) in [5.41, 5.74) is 2.75. The maximum Gasteiger partial charge on any atom is 0.191 e. The van der Waals surface area contributed by atoms with Crippen molar-refractivity contribution in [1.82, 2.24) is 15.5 Å². The Hall–Kier alpha value is -0.860. The van der Waals surface area contributed by atoms with E-state index < -0.39 is 0 Å². The largest absolute Gasteiger partial charge is 0.380 e. The Morgan fingerprint density at radius 3 is 2.48 bits per heavy atom. The molecule has 1 heterocycles. The maximum absolute atomic E-state index is 5.37. The van der Waals surface area contributed by atoms with Crippen LogP contribution in [0.2, 0.25) is 0 Å². The molecule has 1 fully saturated rings. The molecule has 0 bridgehead atoms. The lowest BCUT2D eigenvalue weighted by atomic mass is 9.96. The molecule has 0 spiro atoms. The van der Waals surface area contributed by atoms with Crippen molar-refractivity contribution in [2.45, 2.75) is 40.2 Å². The third kappa shape index (κ3) is 9.76. The van der Waals surface area contributed by atoms with Gasteiger partial charge in [-0.3, -0.25) is 9.89 Å². The van der Waals surface area contributed by atoms with E-state index in [1.807, 2.05) is 6.92 Å². The Balaban J connectivity index is 0.00000364. The van der Waals surface area contributed by atoms with E-state index in [-0.39, 0.29) is 24.0 Å². The monoisotopic (exact) mass is 488 g/mol. The van der Waals surface area contributed by atoms with Crippen molar-refractivity contribution < 1.29 is 4.74 Å². The Kier molecular flexibility index (Phi) is 12.7. The fourth-order valence-corrected chi connectivity index (χ4v) is 3.23. The molecule has 2 N–H and O–H groups in total. The zero-order valence-electron chi connectivity index (χ0n) is 17.2. The van der Waals surface area contributed by atoms with Gasteiger partial charge in [-0.2, -0.15) is 0 Å². The van der Waals surface area contributed by atoms with Gasteiger partial charge in [0.2, 0.25) is 0 Å². The Morgan fingerprint density at radius 1 is 1.15 bits per heavy atom. The van der Waals surface area contributed by atoms with Gasteiger partial charge in [-0.05, 0) is 58.2 Å². The fraction of sp³-hybridized carbons (Fsp3) is 0.667. The van der Waals surface area contributed by atoms with Gasteiger partial charge in [0.25, 0.3) is 0 Å². The summed E-state index contributed by atoms with van der Waals surface area (Å²) < 4.78 is 5.37. The lowest BCUT2D eigenvalue weighted by Gasteiger charge is -2.31. The SMILES string of the molecule is CCNC(=NCC1CCN(Cc2ccc(C)cc2)CC1)NCCOCC.I. The number of guanidine groups is 1. The Bertz CT molecular complexity index is 527. The third-order valence-electron chi connectivity index (χ3n) is 4.83. The van der Waals surface area contributed by atoms with Crippen LogP contribution < -0.4 is 10.6 Å². The van der Waals surface area contributed by atoms with Crippen LogP contribution in [0.5, 0.6) is 0 Å². The summed E-state index contributed by atoms with van der Waals surface area (Å²) in [4.78, 5) is 7.34. The zero-order chi connectivity index (χ0) is 18.6. The number of hydrogen-bond donors (Lipinski definition) is 2. The molecule has 0 aromatic heterocycles. The highest BCUT2D eigenvalue weighted by molar-refractivity contribution is 14.0. The van der Waals surface area contributed by atoms with Crippen LogP contribution in [0.25, 0.3) is 0 Å². The van der Waals surface area contributed by atoms with Crippen LogP contribution in [0.4, 0.5) is 0 Å². The Morgan fingerprint density at radius 2 is 1.85 bits per heavy atom. The van der Waals surface area contributed by atoms with Gasteiger partial charge in [-0.25, -0.2) is 0 Å². The minimum atomic E-state index is 0. The highest BCUT2D eigenvalue weighted by Gasteiger charge is 2.19. The van der Waals surface area contributed by atoms with Gasteiger partial charge in [-0.15, -0.1) is 24.0 Å². The van der Waals surface area contributed by atoms with Crippen molar-refractivity contribution >= 4 is 29.9 Å². The molecule has 154 valence electrons. The molecule has 1 aromatic carbocycles. The number of benzene rings is 1. The Labute approximate surface area is 182 Å². The molecule has 0 unspecified atom stereocenters. The number of likely N-dealkylation sites (tertiary alicyclic amines) is 1. The van der Waals surface area contributed by atoms with Crippen LogP contribution in [-0.2, 0) is 11.3 Å². The van der Waals surface area contributed by atoms with Crippen LogP contribution in [0.3, 0.4) is 0 Å². The average Bonchev–Trinajstić information content (AvgIpc) is 2.66. The fourth-order valence-electron chi connectivity index (χ4n) is 3.23. The van der Waals surface area contributed by atoms with E-state index >= 15 is 0 Å². The normalized spacial score (nSPS) is 16.0. The van der Waals surface area contributed by atoms with Gasteiger partial charge >= 0.3 is 0 Å². The smallest absolute Gasteiger partial charge is 0.191 e. The predicted octanol–water partition coefficient (Wildman–Crippen LogP) is 3.42. The van der Waals surface area contributed by atoms with Crippen LogP contribution >= 0.6 is 24.0 Å². The molecule has 0 aliphatic carbocycles. The van der Waals surface area contributed by atoms with E-state index in [0.717, 1.165) is 45.4 Å². The van der Waals surface area contributed by atoms with Crippen molar-refractivity contribution in [2.75, 3.05) is 45.9 Å². The lowest BCUT2D eigenvalue weighted by molar-refractivity contribution is 0.152. The number of rotatable bonds is 9. The van der Waals surface area contributed by atoms with Gasteiger partial charge in [0.05, 0.1) is 6.61 Å². The minimum absolute atomic E-state index is 0. The van der Waals surface area contributed by atoms with Crippen molar-refractivity contribution in [3.05, 3.63) is 35.4 Å². The van der Waals surface area contributed by atoms with Gasteiger partial charge in [0.15, 0.2) is 5.96 Å². The standard InChI is InChI=1S/C21H36N4O.HI/c1-4-22-21(23-12-15-26-5-2)24-16-19-10-13-25(14-11-19)17-20-8-6-18(3)7-9-20;/h6-9,19H,4-5,10-17H2,1-3H3,(H2,22,23,24);1H. The summed E-state index contributed by atoms with van der Waals surface area (Å²) in [6.45, 7) is 13.7. The maximum atomic E-state index is 5.37. The van der Waals surface area contributed by atoms with E-state index in [1.165, 1.54) is 37.1 Å². The molecule has 1 aliphatic rings. The number of nitrogens with one attached hydrogen (secondary N) is 2. The summed E-state index contributed by atoms with van der Waals surface area (Å²) in [6.07, 6.45) is 2.46.